The second kappa shape index (κ2) is 7.89. The summed E-state index contributed by atoms with van der Waals surface area (Å²) >= 11 is 0. The zero-order chi connectivity index (χ0) is 18.8. The number of hydrogen-bond acceptors (Lipinski definition) is 6. The predicted molar refractivity (Wildman–Crippen MR) is 105 cm³/mol. The van der Waals surface area contributed by atoms with Gasteiger partial charge >= 0.3 is 0 Å². The van der Waals surface area contributed by atoms with Crippen molar-refractivity contribution < 1.29 is 18.9 Å². The van der Waals surface area contributed by atoms with Crippen LogP contribution in [-0.2, 0) is 9.47 Å². The zero-order valence-corrected chi connectivity index (χ0v) is 15.8. The molecule has 6 heteroatoms. The lowest BCUT2D eigenvalue weighted by Crippen LogP contribution is -2.25. The molecule has 3 aromatic rings. The SMILES string of the molecule is c1cc2c(cc1O[C@H]1CCCCO1)nnc1cc(O[C@H]3CCCCO3)ccc12. The molecule has 0 unspecified atom stereocenters. The van der Waals surface area contributed by atoms with Gasteiger partial charge in [-0.3, -0.25) is 0 Å². The highest BCUT2D eigenvalue weighted by atomic mass is 16.7. The third-order valence-corrected chi connectivity index (χ3v) is 5.30. The Bertz CT molecular complexity index is 887. The van der Waals surface area contributed by atoms with E-state index < -0.39 is 0 Å². The third-order valence-electron chi connectivity index (χ3n) is 5.30. The molecule has 2 saturated heterocycles. The molecule has 0 saturated carbocycles. The van der Waals surface area contributed by atoms with E-state index in [1.807, 2.05) is 36.4 Å². The second-order valence-electron chi connectivity index (χ2n) is 7.39. The van der Waals surface area contributed by atoms with E-state index >= 15 is 0 Å². The van der Waals surface area contributed by atoms with Gasteiger partial charge < -0.3 is 18.9 Å². The van der Waals surface area contributed by atoms with Gasteiger partial charge in [0.05, 0.1) is 24.2 Å². The number of aromatic nitrogens is 2. The van der Waals surface area contributed by atoms with E-state index in [4.69, 9.17) is 18.9 Å². The van der Waals surface area contributed by atoms with Crippen LogP contribution in [0.1, 0.15) is 38.5 Å². The molecule has 0 spiro atoms. The summed E-state index contributed by atoms with van der Waals surface area (Å²) in [5, 5.41) is 10.9. The molecule has 1 aromatic heterocycles. The Hall–Kier alpha value is -2.44. The van der Waals surface area contributed by atoms with E-state index in [9.17, 15) is 0 Å². The van der Waals surface area contributed by atoms with Crippen LogP contribution in [0.3, 0.4) is 0 Å². The van der Waals surface area contributed by atoms with E-state index in [0.717, 1.165) is 85.0 Å². The van der Waals surface area contributed by atoms with Crippen LogP contribution < -0.4 is 9.47 Å². The molecule has 0 aliphatic carbocycles. The molecular weight excluding hydrogens is 356 g/mol. The fraction of sp³-hybridized carbons (Fsp3) is 0.455. The van der Waals surface area contributed by atoms with Crippen molar-refractivity contribution in [3.05, 3.63) is 36.4 Å². The summed E-state index contributed by atoms with van der Waals surface area (Å²) in [4.78, 5) is 0. The summed E-state index contributed by atoms with van der Waals surface area (Å²) in [7, 11) is 0. The van der Waals surface area contributed by atoms with Crippen molar-refractivity contribution in [2.75, 3.05) is 13.2 Å². The average Bonchev–Trinajstić information content (AvgIpc) is 2.75. The Morgan fingerprint density at radius 3 is 1.61 bits per heavy atom. The number of hydrogen-bond donors (Lipinski definition) is 0. The number of ether oxygens (including phenoxy) is 4. The number of nitrogens with zero attached hydrogens (tertiary/aromatic N) is 2. The van der Waals surface area contributed by atoms with Gasteiger partial charge in [-0.05, 0) is 49.9 Å². The van der Waals surface area contributed by atoms with Gasteiger partial charge in [0.15, 0.2) is 12.6 Å². The molecule has 146 valence electrons. The first-order valence-corrected chi connectivity index (χ1v) is 10.1. The molecule has 2 aliphatic heterocycles. The van der Waals surface area contributed by atoms with Crippen molar-refractivity contribution in [2.24, 2.45) is 0 Å². The zero-order valence-electron chi connectivity index (χ0n) is 15.8. The van der Waals surface area contributed by atoms with Gasteiger partial charge in [0.1, 0.15) is 11.5 Å². The van der Waals surface area contributed by atoms with Crippen molar-refractivity contribution in [3.8, 4) is 11.5 Å². The minimum absolute atomic E-state index is 0.165. The van der Waals surface area contributed by atoms with Gasteiger partial charge in [0, 0.05) is 35.7 Å². The monoisotopic (exact) mass is 380 g/mol. The number of rotatable bonds is 4. The first-order valence-electron chi connectivity index (χ1n) is 10.1. The summed E-state index contributed by atoms with van der Waals surface area (Å²) in [5.41, 5.74) is 1.62. The van der Waals surface area contributed by atoms with Crippen LogP contribution in [0.25, 0.3) is 21.8 Å². The lowest BCUT2D eigenvalue weighted by atomic mass is 10.1. The van der Waals surface area contributed by atoms with Crippen LogP contribution in [0.4, 0.5) is 0 Å². The van der Waals surface area contributed by atoms with Crippen molar-refractivity contribution in [1.82, 2.24) is 10.2 Å². The van der Waals surface area contributed by atoms with Crippen LogP contribution in [0, 0.1) is 0 Å². The summed E-state index contributed by atoms with van der Waals surface area (Å²) in [5.74, 6) is 1.53. The lowest BCUT2D eigenvalue weighted by molar-refractivity contribution is -0.106. The minimum Gasteiger partial charge on any atom is -0.465 e. The van der Waals surface area contributed by atoms with Crippen LogP contribution in [0.15, 0.2) is 36.4 Å². The van der Waals surface area contributed by atoms with Crippen molar-refractivity contribution >= 4 is 21.8 Å². The van der Waals surface area contributed by atoms with Crippen molar-refractivity contribution in [1.29, 1.82) is 0 Å². The maximum atomic E-state index is 5.96. The normalized spacial score (nSPS) is 23.0. The van der Waals surface area contributed by atoms with E-state index in [0.29, 0.717) is 0 Å². The first kappa shape index (κ1) is 17.6. The highest BCUT2D eigenvalue weighted by Crippen LogP contribution is 2.29. The van der Waals surface area contributed by atoms with Crippen molar-refractivity contribution in [3.63, 3.8) is 0 Å². The molecule has 0 bridgehead atoms. The molecule has 2 aromatic carbocycles. The van der Waals surface area contributed by atoms with Gasteiger partial charge in [0.25, 0.3) is 0 Å². The Balaban J connectivity index is 1.39. The third kappa shape index (κ3) is 3.75. The summed E-state index contributed by atoms with van der Waals surface area (Å²) < 4.78 is 23.2. The van der Waals surface area contributed by atoms with Gasteiger partial charge in [0.2, 0.25) is 0 Å². The molecule has 6 nitrogen and oxygen atoms in total. The van der Waals surface area contributed by atoms with Crippen LogP contribution in [0.2, 0.25) is 0 Å². The summed E-state index contributed by atoms with van der Waals surface area (Å²) in [6, 6.07) is 11.9. The Labute approximate surface area is 163 Å². The minimum atomic E-state index is -0.165. The fourth-order valence-electron chi connectivity index (χ4n) is 3.81. The average molecular weight is 380 g/mol. The Morgan fingerprint density at radius 2 is 1.18 bits per heavy atom. The molecule has 0 amide bonds. The maximum absolute atomic E-state index is 5.96. The summed E-state index contributed by atoms with van der Waals surface area (Å²) in [6.45, 7) is 1.53. The Kier molecular flexibility index (Phi) is 4.97. The second-order valence-corrected chi connectivity index (χ2v) is 7.39. The number of benzene rings is 2. The molecule has 2 atom stereocenters. The van der Waals surface area contributed by atoms with E-state index in [1.165, 1.54) is 0 Å². The van der Waals surface area contributed by atoms with Crippen LogP contribution in [0.5, 0.6) is 11.5 Å². The largest absolute Gasteiger partial charge is 0.465 e. The van der Waals surface area contributed by atoms with Crippen LogP contribution in [-0.4, -0.2) is 36.0 Å². The molecule has 0 N–H and O–H groups in total. The Morgan fingerprint density at radius 1 is 0.679 bits per heavy atom. The van der Waals surface area contributed by atoms with E-state index in [-0.39, 0.29) is 12.6 Å². The molecular formula is C22H24N2O4. The topological polar surface area (TPSA) is 62.7 Å². The predicted octanol–water partition coefficient (Wildman–Crippen LogP) is 4.59. The molecule has 0 radical (unpaired) electrons. The summed E-state index contributed by atoms with van der Waals surface area (Å²) in [6.07, 6.45) is 6.01. The highest BCUT2D eigenvalue weighted by Gasteiger charge is 2.17. The fourth-order valence-corrected chi connectivity index (χ4v) is 3.81. The number of fused-ring (bicyclic) bond motifs is 3. The molecule has 2 aliphatic rings. The molecule has 28 heavy (non-hydrogen) atoms. The highest BCUT2D eigenvalue weighted by molar-refractivity contribution is 6.04. The van der Waals surface area contributed by atoms with Gasteiger partial charge in [-0.1, -0.05) is 0 Å². The van der Waals surface area contributed by atoms with Crippen molar-refractivity contribution in [2.45, 2.75) is 51.1 Å². The molecule has 3 heterocycles. The van der Waals surface area contributed by atoms with E-state index in [2.05, 4.69) is 10.2 Å². The molecule has 2 fully saturated rings. The standard InChI is InChI=1S/C22H24N2O4/c1-3-11-25-21(5-1)27-15-7-9-17-18-10-8-16(28-22-6-2-4-12-26-22)14-20(18)24-23-19(17)13-15/h7-10,13-14,21-22H,1-6,11-12H2/t21-,22-/m0/s1. The smallest absolute Gasteiger partial charge is 0.199 e. The van der Waals surface area contributed by atoms with Gasteiger partial charge in [-0.2, -0.15) is 0 Å². The maximum Gasteiger partial charge on any atom is 0.199 e. The van der Waals surface area contributed by atoms with Gasteiger partial charge in [-0.25, -0.2) is 0 Å². The first-order chi connectivity index (χ1) is 13.8. The van der Waals surface area contributed by atoms with Gasteiger partial charge in [-0.15, -0.1) is 10.2 Å². The van der Waals surface area contributed by atoms with Crippen LogP contribution >= 0.6 is 0 Å². The molecule has 5 rings (SSSR count). The lowest BCUT2D eigenvalue weighted by Gasteiger charge is -2.23. The van der Waals surface area contributed by atoms with E-state index in [1.54, 1.807) is 0 Å². The quantitative estimate of drug-likeness (QED) is 0.617.